The zero-order valence-electron chi connectivity index (χ0n) is 8.60. The van der Waals surface area contributed by atoms with Gasteiger partial charge >= 0.3 is 0 Å². The molecule has 1 aromatic rings. The van der Waals surface area contributed by atoms with Crippen molar-refractivity contribution in [3.8, 4) is 0 Å². The second kappa shape index (κ2) is 3.44. The lowest BCUT2D eigenvalue weighted by Crippen LogP contribution is -2.34. The summed E-state index contributed by atoms with van der Waals surface area (Å²) in [4.78, 5) is 17.5. The summed E-state index contributed by atoms with van der Waals surface area (Å²) < 4.78 is 2.12. The molecular formula is C10H15N3O. The van der Waals surface area contributed by atoms with Crippen LogP contribution in [0.3, 0.4) is 0 Å². The van der Waals surface area contributed by atoms with Crippen LogP contribution >= 0.6 is 0 Å². The highest BCUT2D eigenvalue weighted by Gasteiger charge is 2.25. The van der Waals surface area contributed by atoms with E-state index in [0.717, 1.165) is 19.4 Å². The Kier molecular flexibility index (Phi) is 2.27. The second-order valence-electron chi connectivity index (χ2n) is 4.00. The van der Waals surface area contributed by atoms with Gasteiger partial charge in [0.1, 0.15) is 0 Å². The standard InChI is InChI=1S/C10H15N3O/c1-12(2)10(14)8-3-4-13-7-11-6-9(13)5-8/h6-8H,3-5H2,1-2H3. The van der Waals surface area contributed by atoms with Crippen molar-refractivity contribution in [3.63, 3.8) is 0 Å². The number of aromatic nitrogens is 2. The minimum absolute atomic E-state index is 0.147. The highest BCUT2D eigenvalue weighted by molar-refractivity contribution is 5.78. The van der Waals surface area contributed by atoms with Crippen LogP contribution in [0.25, 0.3) is 0 Å². The van der Waals surface area contributed by atoms with Crippen LogP contribution in [0.2, 0.25) is 0 Å². The van der Waals surface area contributed by atoms with E-state index in [-0.39, 0.29) is 11.8 Å². The minimum Gasteiger partial charge on any atom is -0.349 e. The number of hydrogen-bond acceptors (Lipinski definition) is 2. The molecule has 0 N–H and O–H groups in total. The molecule has 1 aromatic heterocycles. The molecule has 1 unspecified atom stereocenters. The summed E-state index contributed by atoms with van der Waals surface area (Å²) in [6.45, 7) is 0.916. The lowest BCUT2D eigenvalue weighted by atomic mass is 9.95. The van der Waals surface area contributed by atoms with Crippen molar-refractivity contribution in [1.82, 2.24) is 14.5 Å². The Hall–Kier alpha value is -1.32. The summed E-state index contributed by atoms with van der Waals surface area (Å²) in [5.74, 6) is 0.381. The van der Waals surface area contributed by atoms with Gasteiger partial charge < -0.3 is 9.47 Å². The zero-order valence-corrected chi connectivity index (χ0v) is 8.60. The molecule has 2 rings (SSSR count). The molecule has 1 aliphatic rings. The van der Waals surface area contributed by atoms with Gasteiger partial charge in [0.05, 0.1) is 6.33 Å². The number of carbonyl (C=O) groups excluding carboxylic acids is 1. The van der Waals surface area contributed by atoms with Gasteiger partial charge in [0, 0.05) is 44.9 Å². The Balaban J connectivity index is 2.11. The normalized spacial score (nSPS) is 20.3. The minimum atomic E-state index is 0.147. The van der Waals surface area contributed by atoms with Gasteiger partial charge in [0.25, 0.3) is 0 Å². The molecule has 14 heavy (non-hydrogen) atoms. The molecule has 2 heterocycles. The second-order valence-corrected chi connectivity index (χ2v) is 4.00. The van der Waals surface area contributed by atoms with E-state index in [1.807, 2.05) is 26.6 Å². The molecule has 1 atom stereocenters. The van der Waals surface area contributed by atoms with Gasteiger partial charge in [-0.1, -0.05) is 0 Å². The third kappa shape index (κ3) is 1.52. The van der Waals surface area contributed by atoms with Crippen molar-refractivity contribution in [2.45, 2.75) is 19.4 Å². The van der Waals surface area contributed by atoms with Crippen molar-refractivity contribution < 1.29 is 4.79 Å². The molecular weight excluding hydrogens is 178 g/mol. The van der Waals surface area contributed by atoms with Crippen LogP contribution in [0.1, 0.15) is 12.1 Å². The van der Waals surface area contributed by atoms with Crippen LogP contribution in [0.5, 0.6) is 0 Å². The fourth-order valence-electron chi connectivity index (χ4n) is 1.94. The zero-order chi connectivity index (χ0) is 10.1. The monoisotopic (exact) mass is 193 g/mol. The first-order valence-electron chi connectivity index (χ1n) is 4.88. The van der Waals surface area contributed by atoms with Gasteiger partial charge in [-0.3, -0.25) is 4.79 Å². The molecule has 0 saturated heterocycles. The highest BCUT2D eigenvalue weighted by atomic mass is 16.2. The molecule has 0 radical (unpaired) electrons. The Morgan fingerprint density at radius 3 is 3.14 bits per heavy atom. The van der Waals surface area contributed by atoms with E-state index in [4.69, 9.17) is 0 Å². The van der Waals surface area contributed by atoms with E-state index in [9.17, 15) is 4.79 Å². The van der Waals surface area contributed by atoms with Crippen LogP contribution in [0, 0.1) is 5.92 Å². The quantitative estimate of drug-likeness (QED) is 0.652. The molecule has 0 aliphatic carbocycles. The van der Waals surface area contributed by atoms with Crippen molar-refractivity contribution in [3.05, 3.63) is 18.2 Å². The van der Waals surface area contributed by atoms with E-state index in [0.29, 0.717) is 0 Å². The molecule has 1 amide bonds. The Morgan fingerprint density at radius 2 is 2.43 bits per heavy atom. The molecule has 0 fully saturated rings. The molecule has 4 heteroatoms. The maximum absolute atomic E-state index is 11.7. The number of imidazole rings is 1. The topological polar surface area (TPSA) is 38.1 Å². The number of aryl methyl sites for hydroxylation is 1. The molecule has 0 spiro atoms. The maximum atomic E-state index is 11.7. The lowest BCUT2D eigenvalue weighted by Gasteiger charge is -2.25. The third-order valence-electron chi connectivity index (χ3n) is 2.76. The molecule has 0 bridgehead atoms. The summed E-state index contributed by atoms with van der Waals surface area (Å²) >= 11 is 0. The summed E-state index contributed by atoms with van der Waals surface area (Å²) in [7, 11) is 3.63. The van der Waals surface area contributed by atoms with E-state index in [1.54, 1.807) is 4.90 Å². The van der Waals surface area contributed by atoms with Crippen molar-refractivity contribution >= 4 is 5.91 Å². The first-order chi connectivity index (χ1) is 6.68. The van der Waals surface area contributed by atoms with E-state index < -0.39 is 0 Å². The number of carbonyl (C=O) groups is 1. The number of rotatable bonds is 1. The Morgan fingerprint density at radius 1 is 1.64 bits per heavy atom. The predicted octanol–water partition coefficient (Wildman–Crippen LogP) is 0.534. The number of fused-ring (bicyclic) bond motifs is 1. The van der Waals surface area contributed by atoms with Crippen molar-refractivity contribution in [1.29, 1.82) is 0 Å². The van der Waals surface area contributed by atoms with Crippen LogP contribution in [-0.2, 0) is 17.8 Å². The summed E-state index contributed by atoms with van der Waals surface area (Å²) in [6, 6.07) is 0. The number of amides is 1. The van der Waals surface area contributed by atoms with Gasteiger partial charge in [-0.05, 0) is 6.42 Å². The summed E-state index contributed by atoms with van der Waals surface area (Å²) in [5, 5.41) is 0. The largest absolute Gasteiger partial charge is 0.349 e. The van der Waals surface area contributed by atoms with Crippen LogP contribution in [0.4, 0.5) is 0 Å². The average molecular weight is 193 g/mol. The molecule has 0 aromatic carbocycles. The van der Waals surface area contributed by atoms with Gasteiger partial charge in [-0.25, -0.2) is 4.98 Å². The Bertz CT molecular complexity index is 343. The first kappa shape index (κ1) is 9.24. The van der Waals surface area contributed by atoms with Crippen molar-refractivity contribution in [2.75, 3.05) is 14.1 Å². The number of hydrogen-bond donors (Lipinski definition) is 0. The first-order valence-corrected chi connectivity index (χ1v) is 4.88. The fraction of sp³-hybridized carbons (Fsp3) is 0.600. The van der Waals surface area contributed by atoms with E-state index in [1.165, 1.54) is 5.69 Å². The van der Waals surface area contributed by atoms with Crippen LogP contribution < -0.4 is 0 Å². The van der Waals surface area contributed by atoms with E-state index in [2.05, 4.69) is 9.55 Å². The molecule has 4 nitrogen and oxygen atoms in total. The Labute approximate surface area is 83.5 Å². The molecule has 76 valence electrons. The maximum Gasteiger partial charge on any atom is 0.225 e. The smallest absolute Gasteiger partial charge is 0.225 e. The van der Waals surface area contributed by atoms with Crippen LogP contribution in [0.15, 0.2) is 12.5 Å². The predicted molar refractivity (Wildman–Crippen MR) is 52.7 cm³/mol. The molecule has 0 saturated carbocycles. The summed E-state index contributed by atoms with van der Waals surface area (Å²) in [6.07, 6.45) is 5.46. The van der Waals surface area contributed by atoms with Gasteiger partial charge in [0.2, 0.25) is 5.91 Å². The van der Waals surface area contributed by atoms with E-state index >= 15 is 0 Å². The van der Waals surface area contributed by atoms with Crippen molar-refractivity contribution in [2.24, 2.45) is 5.92 Å². The summed E-state index contributed by atoms with van der Waals surface area (Å²) in [5.41, 5.74) is 1.18. The molecule has 1 aliphatic heterocycles. The van der Waals surface area contributed by atoms with Gasteiger partial charge in [-0.15, -0.1) is 0 Å². The average Bonchev–Trinajstić information content (AvgIpc) is 2.62. The fourth-order valence-corrected chi connectivity index (χ4v) is 1.94. The number of nitrogens with zero attached hydrogens (tertiary/aromatic N) is 3. The highest BCUT2D eigenvalue weighted by Crippen LogP contribution is 2.20. The SMILES string of the molecule is CN(C)C(=O)C1CCn2cncc2C1. The van der Waals surface area contributed by atoms with Crippen LogP contribution in [-0.4, -0.2) is 34.5 Å². The third-order valence-corrected chi connectivity index (χ3v) is 2.76. The van der Waals surface area contributed by atoms with Gasteiger partial charge in [0.15, 0.2) is 0 Å². The van der Waals surface area contributed by atoms with Gasteiger partial charge in [-0.2, -0.15) is 0 Å². The lowest BCUT2D eigenvalue weighted by molar-refractivity contribution is -0.133.